The largest absolute Gasteiger partial charge is 0.492 e. The third kappa shape index (κ3) is 4.14. The van der Waals surface area contributed by atoms with Gasteiger partial charge in [-0.05, 0) is 36.4 Å². The van der Waals surface area contributed by atoms with Crippen molar-refractivity contribution >= 4 is 23.2 Å². The first kappa shape index (κ1) is 15.2. The molecule has 0 heterocycles. The van der Waals surface area contributed by atoms with E-state index < -0.39 is 0 Å². The average molecular weight is 310 g/mol. The van der Waals surface area contributed by atoms with Crippen molar-refractivity contribution in [1.29, 1.82) is 0 Å². The highest BCUT2D eigenvalue weighted by Crippen LogP contribution is 2.24. The van der Waals surface area contributed by atoms with E-state index in [9.17, 15) is 0 Å². The zero-order valence-electron chi connectivity index (χ0n) is 11.3. The Bertz CT molecular complexity index is 560. The summed E-state index contributed by atoms with van der Waals surface area (Å²) in [6, 6.07) is 15.2. The highest BCUT2D eigenvalue weighted by molar-refractivity contribution is 6.31. The van der Waals surface area contributed by atoms with Gasteiger partial charge in [0.1, 0.15) is 12.4 Å². The third-order valence-electron chi connectivity index (χ3n) is 2.94. The van der Waals surface area contributed by atoms with Crippen molar-refractivity contribution in [2.45, 2.75) is 13.0 Å². The number of hydrogen-bond donors (Lipinski definition) is 1. The Balaban J connectivity index is 2.08. The number of halogens is 2. The van der Waals surface area contributed by atoms with Crippen molar-refractivity contribution in [2.24, 2.45) is 0 Å². The molecule has 0 radical (unpaired) electrons. The first-order valence-electron chi connectivity index (χ1n) is 6.57. The highest BCUT2D eigenvalue weighted by atomic mass is 35.5. The van der Waals surface area contributed by atoms with Crippen LogP contribution in [0.3, 0.4) is 0 Å². The van der Waals surface area contributed by atoms with E-state index in [0.717, 1.165) is 22.9 Å². The van der Waals surface area contributed by atoms with Gasteiger partial charge >= 0.3 is 0 Å². The van der Waals surface area contributed by atoms with E-state index in [1.807, 2.05) is 42.5 Å². The second-order valence-electron chi connectivity index (χ2n) is 4.40. The molecule has 0 bridgehead atoms. The van der Waals surface area contributed by atoms with Gasteiger partial charge in [-0.15, -0.1) is 0 Å². The molecule has 2 aromatic rings. The van der Waals surface area contributed by atoms with Crippen molar-refractivity contribution < 1.29 is 4.74 Å². The molecule has 0 spiro atoms. The predicted molar refractivity (Wildman–Crippen MR) is 84.8 cm³/mol. The molecule has 0 saturated carbocycles. The fourth-order valence-corrected chi connectivity index (χ4v) is 2.45. The van der Waals surface area contributed by atoms with Crippen LogP contribution in [0.15, 0.2) is 48.5 Å². The van der Waals surface area contributed by atoms with Crippen LogP contribution in [0, 0.1) is 0 Å². The summed E-state index contributed by atoms with van der Waals surface area (Å²) in [5.74, 6) is 0.757. The second kappa shape index (κ2) is 7.53. The van der Waals surface area contributed by atoms with Gasteiger partial charge in [0.15, 0.2) is 0 Å². The highest BCUT2D eigenvalue weighted by Gasteiger charge is 2.14. The van der Waals surface area contributed by atoms with Gasteiger partial charge in [0, 0.05) is 10.0 Å². The van der Waals surface area contributed by atoms with Gasteiger partial charge in [-0.2, -0.15) is 0 Å². The molecule has 0 saturated heterocycles. The SMILES string of the molecule is CCNC(COc1cccc(Cl)c1)c1ccccc1Cl. The molecule has 0 aliphatic rings. The van der Waals surface area contributed by atoms with E-state index in [2.05, 4.69) is 12.2 Å². The third-order valence-corrected chi connectivity index (χ3v) is 3.52. The quantitative estimate of drug-likeness (QED) is 0.833. The Hall–Kier alpha value is -1.22. The first-order valence-corrected chi connectivity index (χ1v) is 7.32. The Morgan fingerprint density at radius 3 is 2.60 bits per heavy atom. The number of hydrogen-bond acceptors (Lipinski definition) is 2. The summed E-state index contributed by atoms with van der Waals surface area (Å²) in [4.78, 5) is 0. The first-order chi connectivity index (χ1) is 9.70. The van der Waals surface area contributed by atoms with Crippen LogP contribution >= 0.6 is 23.2 Å². The molecule has 2 aromatic carbocycles. The van der Waals surface area contributed by atoms with Crippen molar-refractivity contribution in [3.63, 3.8) is 0 Å². The maximum absolute atomic E-state index is 6.25. The lowest BCUT2D eigenvalue weighted by Crippen LogP contribution is -2.26. The van der Waals surface area contributed by atoms with E-state index >= 15 is 0 Å². The molecule has 2 nitrogen and oxygen atoms in total. The fraction of sp³-hybridized carbons (Fsp3) is 0.250. The summed E-state index contributed by atoms with van der Waals surface area (Å²) >= 11 is 12.2. The normalized spacial score (nSPS) is 12.2. The molecule has 4 heteroatoms. The number of ether oxygens (including phenoxy) is 1. The molecule has 106 valence electrons. The average Bonchev–Trinajstić information content (AvgIpc) is 2.44. The summed E-state index contributed by atoms with van der Waals surface area (Å²) in [6.45, 7) is 3.40. The van der Waals surface area contributed by atoms with E-state index in [1.165, 1.54) is 0 Å². The van der Waals surface area contributed by atoms with Crippen LogP contribution in [0.5, 0.6) is 5.75 Å². The van der Waals surface area contributed by atoms with Crippen molar-refractivity contribution in [2.75, 3.05) is 13.2 Å². The van der Waals surface area contributed by atoms with Gasteiger partial charge in [-0.3, -0.25) is 0 Å². The van der Waals surface area contributed by atoms with Gasteiger partial charge < -0.3 is 10.1 Å². The van der Waals surface area contributed by atoms with Gasteiger partial charge in [-0.1, -0.05) is 54.4 Å². The number of benzene rings is 2. The van der Waals surface area contributed by atoms with Crippen LogP contribution in [0.1, 0.15) is 18.5 Å². The Morgan fingerprint density at radius 1 is 1.10 bits per heavy atom. The lowest BCUT2D eigenvalue weighted by molar-refractivity contribution is 0.268. The summed E-state index contributed by atoms with van der Waals surface area (Å²) < 4.78 is 5.81. The van der Waals surface area contributed by atoms with E-state index in [0.29, 0.717) is 11.6 Å². The zero-order valence-corrected chi connectivity index (χ0v) is 12.8. The number of nitrogens with one attached hydrogen (secondary N) is 1. The summed E-state index contributed by atoms with van der Waals surface area (Å²) in [6.07, 6.45) is 0. The van der Waals surface area contributed by atoms with Crippen molar-refractivity contribution in [3.8, 4) is 5.75 Å². The topological polar surface area (TPSA) is 21.3 Å². The fourth-order valence-electron chi connectivity index (χ4n) is 2.00. The molecular weight excluding hydrogens is 293 g/mol. The summed E-state index contributed by atoms with van der Waals surface area (Å²) in [7, 11) is 0. The van der Waals surface area contributed by atoms with Crippen LogP contribution in [0.4, 0.5) is 0 Å². The molecule has 1 atom stereocenters. The van der Waals surface area contributed by atoms with Gasteiger partial charge in [0.05, 0.1) is 6.04 Å². The predicted octanol–water partition coefficient (Wildman–Crippen LogP) is 4.72. The minimum atomic E-state index is 0.0488. The Labute approximate surface area is 129 Å². The Morgan fingerprint density at radius 2 is 1.90 bits per heavy atom. The monoisotopic (exact) mass is 309 g/mol. The van der Waals surface area contributed by atoms with Gasteiger partial charge in [0.2, 0.25) is 0 Å². The van der Waals surface area contributed by atoms with Crippen LogP contribution in [-0.4, -0.2) is 13.2 Å². The molecule has 2 rings (SSSR count). The Kier molecular flexibility index (Phi) is 5.72. The lowest BCUT2D eigenvalue weighted by Gasteiger charge is -2.20. The second-order valence-corrected chi connectivity index (χ2v) is 5.24. The molecule has 0 fully saturated rings. The number of likely N-dealkylation sites (N-methyl/N-ethyl adjacent to an activating group) is 1. The van der Waals surface area contributed by atoms with Crippen molar-refractivity contribution in [3.05, 3.63) is 64.1 Å². The molecule has 0 amide bonds. The van der Waals surface area contributed by atoms with E-state index in [1.54, 1.807) is 6.07 Å². The van der Waals surface area contributed by atoms with Crippen molar-refractivity contribution in [1.82, 2.24) is 5.32 Å². The molecule has 1 N–H and O–H groups in total. The molecule has 1 unspecified atom stereocenters. The summed E-state index contributed by atoms with van der Waals surface area (Å²) in [5, 5.41) is 4.79. The van der Waals surface area contributed by atoms with Crippen LogP contribution in [0.2, 0.25) is 10.0 Å². The van der Waals surface area contributed by atoms with Crippen LogP contribution in [-0.2, 0) is 0 Å². The maximum atomic E-state index is 6.25. The summed E-state index contributed by atoms with van der Waals surface area (Å²) in [5.41, 5.74) is 1.04. The minimum absolute atomic E-state index is 0.0488. The van der Waals surface area contributed by atoms with E-state index in [4.69, 9.17) is 27.9 Å². The van der Waals surface area contributed by atoms with Crippen LogP contribution < -0.4 is 10.1 Å². The zero-order chi connectivity index (χ0) is 14.4. The van der Waals surface area contributed by atoms with E-state index in [-0.39, 0.29) is 6.04 Å². The molecule has 20 heavy (non-hydrogen) atoms. The van der Waals surface area contributed by atoms with Gasteiger partial charge in [-0.25, -0.2) is 0 Å². The minimum Gasteiger partial charge on any atom is -0.492 e. The lowest BCUT2D eigenvalue weighted by atomic mass is 10.1. The molecular formula is C16H17Cl2NO. The standard InChI is InChI=1S/C16H17Cl2NO/c1-2-19-16(14-8-3-4-9-15(14)18)11-20-13-7-5-6-12(17)10-13/h3-10,16,19H,2,11H2,1H3. The smallest absolute Gasteiger partial charge is 0.120 e. The molecule has 0 aliphatic carbocycles. The number of rotatable bonds is 6. The maximum Gasteiger partial charge on any atom is 0.120 e. The molecule has 0 aromatic heterocycles. The van der Waals surface area contributed by atoms with Crippen LogP contribution in [0.25, 0.3) is 0 Å². The molecule has 0 aliphatic heterocycles. The van der Waals surface area contributed by atoms with Gasteiger partial charge in [0.25, 0.3) is 0 Å².